The summed E-state index contributed by atoms with van der Waals surface area (Å²) in [4.78, 5) is 26.9. The molecule has 0 unspecified atom stereocenters. The highest BCUT2D eigenvalue weighted by atomic mass is 79.9. The van der Waals surface area contributed by atoms with Gasteiger partial charge in [-0.15, -0.1) is 11.3 Å². The van der Waals surface area contributed by atoms with Gasteiger partial charge in [0.2, 0.25) is 5.91 Å². The smallest absolute Gasteiger partial charge is 0.307 e. The van der Waals surface area contributed by atoms with Crippen LogP contribution in [0.2, 0.25) is 0 Å². The zero-order chi connectivity index (χ0) is 15.4. The number of halogens is 1. The summed E-state index contributed by atoms with van der Waals surface area (Å²) in [7, 11) is 0. The van der Waals surface area contributed by atoms with E-state index >= 15 is 0 Å². The number of thiophene rings is 1. The molecule has 0 saturated heterocycles. The van der Waals surface area contributed by atoms with Gasteiger partial charge in [-0.1, -0.05) is 12.2 Å². The summed E-state index contributed by atoms with van der Waals surface area (Å²) < 4.78 is 1.03. The number of carboxylic acids is 1. The van der Waals surface area contributed by atoms with Crippen LogP contribution in [0.4, 0.5) is 0 Å². The number of nitrogens with zero attached hydrogens (tertiary/aromatic N) is 1. The molecule has 2 rings (SSSR count). The summed E-state index contributed by atoms with van der Waals surface area (Å²) in [5, 5.41) is 9.30. The highest BCUT2D eigenvalue weighted by Crippen LogP contribution is 2.29. The molecule has 21 heavy (non-hydrogen) atoms. The lowest BCUT2D eigenvalue weighted by atomic mass is 9.82. The quantitative estimate of drug-likeness (QED) is 0.805. The Morgan fingerprint density at radius 1 is 1.33 bits per heavy atom. The fourth-order valence-corrected chi connectivity index (χ4v) is 4.06. The van der Waals surface area contributed by atoms with Crippen LogP contribution in [0.5, 0.6) is 0 Å². The molecule has 0 aromatic carbocycles. The van der Waals surface area contributed by atoms with Gasteiger partial charge in [0.1, 0.15) is 0 Å². The van der Waals surface area contributed by atoms with Crippen molar-refractivity contribution in [2.45, 2.75) is 26.3 Å². The SMILES string of the molecule is CCN(Cc1ccc(Br)s1)C(=O)[C@@H]1CC=CC[C@@H]1C(=O)O. The minimum absolute atomic E-state index is 0.0567. The summed E-state index contributed by atoms with van der Waals surface area (Å²) in [6, 6.07) is 3.95. The second-order valence-electron chi connectivity index (χ2n) is 5.05. The Hall–Kier alpha value is -1.14. The molecule has 1 aliphatic carbocycles. The third-order valence-corrected chi connectivity index (χ3v) is 5.34. The van der Waals surface area contributed by atoms with Crippen LogP contribution in [0.3, 0.4) is 0 Å². The van der Waals surface area contributed by atoms with Gasteiger partial charge in [0.05, 0.1) is 22.2 Å². The third kappa shape index (κ3) is 3.95. The van der Waals surface area contributed by atoms with Crippen LogP contribution in [0, 0.1) is 11.8 Å². The summed E-state index contributed by atoms with van der Waals surface area (Å²) in [5.41, 5.74) is 0. The molecule has 0 bridgehead atoms. The lowest BCUT2D eigenvalue weighted by molar-refractivity contribution is -0.150. The average molecular weight is 372 g/mol. The highest BCUT2D eigenvalue weighted by molar-refractivity contribution is 9.11. The topological polar surface area (TPSA) is 57.6 Å². The molecule has 114 valence electrons. The van der Waals surface area contributed by atoms with Crippen molar-refractivity contribution in [2.75, 3.05) is 6.54 Å². The molecule has 1 aromatic heterocycles. The van der Waals surface area contributed by atoms with Crippen LogP contribution < -0.4 is 0 Å². The van der Waals surface area contributed by atoms with Gasteiger partial charge in [0.25, 0.3) is 0 Å². The molecule has 6 heteroatoms. The van der Waals surface area contributed by atoms with Crippen LogP contribution in [0.1, 0.15) is 24.6 Å². The summed E-state index contributed by atoms with van der Waals surface area (Å²) in [6.45, 7) is 3.05. The number of rotatable bonds is 5. The molecule has 1 aromatic rings. The summed E-state index contributed by atoms with van der Waals surface area (Å²) >= 11 is 5.01. The lowest BCUT2D eigenvalue weighted by Gasteiger charge is -2.30. The maximum atomic E-state index is 12.7. The number of aliphatic carboxylic acids is 1. The predicted octanol–water partition coefficient (Wildman–Crippen LogP) is 3.53. The minimum Gasteiger partial charge on any atom is -0.481 e. The monoisotopic (exact) mass is 371 g/mol. The number of hydrogen-bond donors (Lipinski definition) is 1. The van der Waals surface area contributed by atoms with E-state index in [1.165, 1.54) is 0 Å². The number of carbonyl (C=O) groups is 2. The molecule has 1 aliphatic rings. The standard InChI is InChI=1S/C15H18BrNO3S/c1-2-17(9-10-7-8-13(16)21-10)14(18)11-5-3-4-6-12(11)15(19)20/h3-4,7-8,11-12H,2,5-6,9H2,1H3,(H,19,20)/t11-,12+/m1/s1. The zero-order valence-electron chi connectivity index (χ0n) is 11.8. The Kier molecular flexibility index (Phi) is 5.58. The van der Waals surface area contributed by atoms with E-state index in [0.29, 0.717) is 25.9 Å². The second-order valence-corrected chi connectivity index (χ2v) is 7.60. The maximum Gasteiger partial charge on any atom is 0.307 e. The fraction of sp³-hybridized carbons (Fsp3) is 0.467. The van der Waals surface area contributed by atoms with E-state index < -0.39 is 17.8 Å². The van der Waals surface area contributed by atoms with Crippen molar-refractivity contribution < 1.29 is 14.7 Å². The van der Waals surface area contributed by atoms with Crippen LogP contribution >= 0.6 is 27.3 Å². The van der Waals surface area contributed by atoms with Crippen molar-refractivity contribution in [1.29, 1.82) is 0 Å². The first-order valence-corrected chi connectivity index (χ1v) is 8.54. The molecule has 0 spiro atoms. The normalized spacial score (nSPS) is 21.2. The molecule has 1 amide bonds. The molecular weight excluding hydrogens is 354 g/mol. The Morgan fingerprint density at radius 3 is 2.52 bits per heavy atom. The zero-order valence-corrected chi connectivity index (χ0v) is 14.2. The molecule has 0 saturated carbocycles. The van der Waals surface area contributed by atoms with Crippen molar-refractivity contribution in [3.8, 4) is 0 Å². The predicted molar refractivity (Wildman–Crippen MR) is 86.1 cm³/mol. The molecule has 1 N–H and O–H groups in total. The van der Waals surface area contributed by atoms with Gasteiger partial charge in [-0.3, -0.25) is 9.59 Å². The first-order chi connectivity index (χ1) is 10.0. The molecule has 4 nitrogen and oxygen atoms in total. The molecule has 0 fully saturated rings. The van der Waals surface area contributed by atoms with Gasteiger partial charge in [0.15, 0.2) is 0 Å². The van der Waals surface area contributed by atoms with Crippen molar-refractivity contribution in [2.24, 2.45) is 11.8 Å². The van der Waals surface area contributed by atoms with Gasteiger partial charge in [-0.05, 0) is 47.8 Å². The lowest BCUT2D eigenvalue weighted by Crippen LogP contribution is -2.41. The van der Waals surface area contributed by atoms with E-state index in [9.17, 15) is 14.7 Å². The van der Waals surface area contributed by atoms with Crippen LogP contribution in [-0.2, 0) is 16.1 Å². The number of hydrogen-bond acceptors (Lipinski definition) is 3. The van der Waals surface area contributed by atoms with Gasteiger partial charge in [-0.25, -0.2) is 0 Å². The minimum atomic E-state index is -0.882. The van der Waals surface area contributed by atoms with Crippen LogP contribution in [-0.4, -0.2) is 28.4 Å². The fourth-order valence-electron chi connectivity index (χ4n) is 2.56. The Balaban J connectivity index is 2.11. The summed E-state index contributed by atoms with van der Waals surface area (Å²) in [6.07, 6.45) is 4.72. The van der Waals surface area contributed by atoms with E-state index in [1.54, 1.807) is 16.2 Å². The summed E-state index contributed by atoms with van der Waals surface area (Å²) in [5.74, 6) is -1.99. The van der Waals surface area contributed by atoms with Crippen molar-refractivity contribution in [3.05, 3.63) is 32.9 Å². The van der Waals surface area contributed by atoms with E-state index in [-0.39, 0.29) is 5.91 Å². The van der Waals surface area contributed by atoms with Crippen molar-refractivity contribution in [1.82, 2.24) is 4.90 Å². The molecule has 0 aliphatic heterocycles. The Morgan fingerprint density at radius 2 is 2.00 bits per heavy atom. The van der Waals surface area contributed by atoms with Crippen LogP contribution in [0.15, 0.2) is 28.1 Å². The van der Waals surface area contributed by atoms with Gasteiger partial charge < -0.3 is 10.0 Å². The average Bonchev–Trinajstić information content (AvgIpc) is 2.89. The highest BCUT2D eigenvalue weighted by Gasteiger charge is 2.36. The van der Waals surface area contributed by atoms with Crippen LogP contribution in [0.25, 0.3) is 0 Å². The molecule has 1 heterocycles. The molecular formula is C15H18BrNO3S. The Bertz CT molecular complexity index is 555. The van der Waals surface area contributed by atoms with E-state index in [2.05, 4.69) is 15.9 Å². The van der Waals surface area contributed by atoms with Gasteiger partial charge in [0, 0.05) is 11.4 Å². The third-order valence-electron chi connectivity index (χ3n) is 3.74. The molecule has 0 radical (unpaired) electrons. The Labute approximate surface area is 136 Å². The number of carboxylic acid groups (broad SMARTS) is 1. The second kappa shape index (κ2) is 7.22. The van der Waals surface area contributed by atoms with E-state index in [0.717, 1.165) is 8.66 Å². The largest absolute Gasteiger partial charge is 0.481 e. The van der Waals surface area contributed by atoms with E-state index in [1.807, 2.05) is 31.2 Å². The maximum absolute atomic E-state index is 12.7. The first-order valence-electron chi connectivity index (χ1n) is 6.93. The van der Waals surface area contributed by atoms with Crippen molar-refractivity contribution >= 4 is 39.1 Å². The number of amides is 1. The molecule has 2 atom stereocenters. The van der Waals surface area contributed by atoms with Gasteiger partial charge in [-0.2, -0.15) is 0 Å². The first kappa shape index (κ1) is 16.2. The number of allylic oxidation sites excluding steroid dienone is 2. The number of carbonyl (C=O) groups excluding carboxylic acids is 1. The van der Waals surface area contributed by atoms with Crippen molar-refractivity contribution in [3.63, 3.8) is 0 Å². The van der Waals surface area contributed by atoms with E-state index in [4.69, 9.17) is 0 Å². The van der Waals surface area contributed by atoms with Gasteiger partial charge >= 0.3 is 5.97 Å².